The van der Waals surface area contributed by atoms with Crippen molar-refractivity contribution in [2.75, 3.05) is 0 Å². The molecule has 0 heterocycles. The second-order valence-corrected chi connectivity index (χ2v) is 4.55. The van der Waals surface area contributed by atoms with Gasteiger partial charge in [-0.25, -0.2) is 0 Å². The predicted octanol–water partition coefficient (Wildman–Crippen LogP) is 2.98. The highest BCUT2D eigenvalue weighted by Gasteiger charge is 2.60. The molecule has 2 saturated carbocycles. The maximum atomic E-state index is 2.43. The molecule has 2 aliphatic rings. The van der Waals surface area contributed by atoms with Gasteiger partial charge in [0.05, 0.1) is 0 Å². The molecule has 2 rings (SSSR count). The second-order valence-electron chi connectivity index (χ2n) is 4.55. The SMILES string of the molecule is CC1(C)CC12CCCC2. The zero-order valence-corrected chi connectivity index (χ0v) is 6.54. The van der Waals surface area contributed by atoms with Crippen LogP contribution in [0.3, 0.4) is 0 Å². The summed E-state index contributed by atoms with van der Waals surface area (Å²) in [5.41, 5.74) is 1.57. The Morgan fingerprint density at radius 2 is 1.44 bits per heavy atom. The Morgan fingerprint density at radius 1 is 1.00 bits per heavy atom. The Hall–Kier alpha value is 0. The first-order valence-corrected chi connectivity index (χ1v) is 4.16. The van der Waals surface area contributed by atoms with E-state index >= 15 is 0 Å². The van der Waals surface area contributed by atoms with Crippen LogP contribution in [0.2, 0.25) is 0 Å². The van der Waals surface area contributed by atoms with E-state index in [0.717, 1.165) is 10.8 Å². The monoisotopic (exact) mass is 124 g/mol. The molecule has 1 spiro atoms. The first-order chi connectivity index (χ1) is 4.16. The molecule has 0 aromatic carbocycles. The molecule has 0 heteroatoms. The van der Waals surface area contributed by atoms with Gasteiger partial charge in [-0.2, -0.15) is 0 Å². The van der Waals surface area contributed by atoms with Crippen molar-refractivity contribution in [1.29, 1.82) is 0 Å². The zero-order chi connectivity index (χ0) is 6.54. The molecule has 52 valence electrons. The standard InChI is InChI=1S/C9H16/c1-8(2)7-9(8)5-3-4-6-9/h3-7H2,1-2H3. The lowest BCUT2D eigenvalue weighted by molar-refractivity contribution is 0.394. The predicted molar refractivity (Wildman–Crippen MR) is 39.3 cm³/mol. The summed E-state index contributed by atoms with van der Waals surface area (Å²) >= 11 is 0. The summed E-state index contributed by atoms with van der Waals surface area (Å²) in [6.45, 7) is 4.86. The van der Waals surface area contributed by atoms with Gasteiger partial charge in [0.1, 0.15) is 0 Å². The fraction of sp³-hybridized carbons (Fsp3) is 1.00. The van der Waals surface area contributed by atoms with Gasteiger partial charge in [0, 0.05) is 0 Å². The molecule has 0 aromatic heterocycles. The lowest BCUT2D eigenvalue weighted by Gasteiger charge is -2.10. The van der Waals surface area contributed by atoms with Crippen molar-refractivity contribution < 1.29 is 0 Å². The largest absolute Gasteiger partial charge is 0.0594 e. The van der Waals surface area contributed by atoms with E-state index in [1.165, 1.54) is 32.1 Å². The molecule has 0 radical (unpaired) electrons. The quantitative estimate of drug-likeness (QED) is 0.465. The first-order valence-electron chi connectivity index (χ1n) is 4.16. The van der Waals surface area contributed by atoms with Gasteiger partial charge in [0.25, 0.3) is 0 Å². The third-order valence-electron chi connectivity index (χ3n) is 3.65. The molecule has 2 aliphatic carbocycles. The average Bonchev–Trinajstić information content (AvgIpc) is 2.27. The lowest BCUT2D eigenvalue weighted by atomic mass is 9.95. The highest BCUT2D eigenvalue weighted by atomic mass is 14.7. The van der Waals surface area contributed by atoms with Crippen molar-refractivity contribution in [1.82, 2.24) is 0 Å². The van der Waals surface area contributed by atoms with Crippen LogP contribution < -0.4 is 0 Å². The second kappa shape index (κ2) is 1.36. The van der Waals surface area contributed by atoms with Gasteiger partial charge in [-0.05, 0) is 30.1 Å². The molecular formula is C9H16. The van der Waals surface area contributed by atoms with Gasteiger partial charge in [-0.15, -0.1) is 0 Å². The highest BCUT2D eigenvalue weighted by Crippen LogP contribution is 2.71. The van der Waals surface area contributed by atoms with E-state index < -0.39 is 0 Å². The highest BCUT2D eigenvalue weighted by molar-refractivity contribution is 5.10. The van der Waals surface area contributed by atoms with Crippen molar-refractivity contribution in [3.63, 3.8) is 0 Å². The summed E-state index contributed by atoms with van der Waals surface area (Å²) in [6.07, 6.45) is 7.58. The summed E-state index contributed by atoms with van der Waals surface area (Å²) in [5.74, 6) is 0. The van der Waals surface area contributed by atoms with Crippen LogP contribution >= 0.6 is 0 Å². The van der Waals surface area contributed by atoms with Crippen LogP contribution in [0.5, 0.6) is 0 Å². The van der Waals surface area contributed by atoms with E-state index in [0.29, 0.717) is 0 Å². The van der Waals surface area contributed by atoms with E-state index in [1.807, 2.05) is 0 Å². The van der Waals surface area contributed by atoms with E-state index in [1.54, 1.807) is 0 Å². The Labute approximate surface area is 57.6 Å². The molecular weight excluding hydrogens is 108 g/mol. The fourth-order valence-electron chi connectivity index (χ4n) is 2.71. The minimum absolute atomic E-state index is 0.726. The average molecular weight is 124 g/mol. The van der Waals surface area contributed by atoms with Crippen LogP contribution in [0.4, 0.5) is 0 Å². The Morgan fingerprint density at radius 3 is 1.67 bits per heavy atom. The molecule has 0 nitrogen and oxygen atoms in total. The van der Waals surface area contributed by atoms with Gasteiger partial charge < -0.3 is 0 Å². The lowest BCUT2D eigenvalue weighted by Crippen LogP contribution is -2.01. The summed E-state index contributed by atoms with van der Waals surface area (Å²) in [7, 11) is 0. The van der Waals surface area contributed by atoms with Crippen molar-refractivity contribution in [2.24, 2.45) is 10.8 Å². The number of hydrogen-bond acceptors (Lipinski definition) is 0. The molecule has 9 heavy (non-hydrogen) atoms. The third kappa shape index (κ3) is 0.595. The van der Waals surface area contributed by atoms with E-state index in [4.69, 9.17) is 0 Å². The smallest absolute Gasteiger partial charge is 0.0241 e. The summed E-state index contributed by atoms with van der Waals surface area (Å²) < 4.78 is 0. The van der Waals surface area contributed by atoms with Gasteiger partial charge in [0.15, 0.2) is 0 Å². The van der Waals surface area contributed by atoms with Crippen molar-refractivity contribution in [3.8, 4) is 0 Å². The Kier molecular flexibility index (Phi) is 0.868. The van der Waals surface area contributed by atoms with E-state index in [-0.39, 0.29) is 0 Å². The van der Waals surface area contributed by atoms with E-state index in [2.05, 4.69) is 13.8 Å². The minimum atomic E-state index is 0.726. The molecule has 0 atom stereocenters. The molecule has 0 saturated heterocycles. The van der Waals surface area contributed by atoms with Crippen molar-refractivity contribution in [3.05, 3.63) is 0 Å². The summed E-state index contributed by atoms with van der Waals surface area (Å²) in [6, 6.07) is 0. The maximum absolute atomic E-state index is 2.43. The molecule has 2 fully saturated rings. The molecule has 0 aromatic rings. The zero-order valence-electron chi connectivity index (χ0n) is 6.54. The van der Waals surface area contributed by atoms with Crippen LogP contribution in [0.1, 0.15) is 46.0 Å². The van der Waals surface area contributed by atoms with Gasteiger partial charge in [-0.1, -0.05) is 26.7 Å². The minimum Gasteiger partial charge on any atom is -0.0594 e. The molecule has 0 amide bonds. The normalized spacial score (nSPS) is 35.3. The van der Waals surface area contributed by atoms with Crippen LogP contribution in [0, 0.1) is 10.8 Å². The van der Waals surface area contributed by atoms with Crippen LogP contribution in [-0.4, -0.2) is 0 Å². The van der Waals surface area contributed by atoms with Gasteiger partial charge >= 0.3 is 0 Å². The molecule has 0 unspecified atom stereocenters. The van der Waals surface area contributed by atoms with Crippen LogP contribution in [0.15, 0.2) is 0 Å². The molecule has 0 bridgehead atoms. The number of rotatable bonds is 0. The topological polar surface area (TPSA) is 0 Å². The van der Waals surface area contributed by atoms with E-state index in [9.17, 15) is 0 Å². The van der Waals surface area contributed by atoms with Gasteiger partial charge in [0.2, 0.25) is 0 Å². The fourth-order valence-corrected chi connectivity index (χ4v) is 2.71. The molecule has 0 aliphatic heterocycles. The van der Waals surface area contributed by atoms with Crippen molar-refractivity contribution in [2.45, 2.75) is 46.0 Å². The first kappa shape index (κ1) is 5.76. The summed E-state index contributed by atoms with van der Waals surface area (Å²) in [4.78, 5) is 0. The number of hydrogen-bond donors (Lipinski definition) is 0. The Balaban J connectivity index is 2.13. The van der Waals surface area contributed by atoms with Crippen LogP contribution in [0.25, 0.3) is 0 Å². The molecule has 0 N–H and O–H groups in total. The van der Waals surface area contributed by atoms with Crippen LogP contribution in [-0.2, 0) is 0 Å². The summed E-state index contributed by atoms with van der Waals surface area (Å²) in [5, 5.41) is 0. The van der Waals surface area contributed by atoms with Gasteiger partial charge in [-0.3, -0.25) is 0 Å². The van der Waals surface area contributed by atoms with Crippen molar-refractivity contribution >= 4 is 0 Å². The Bertz CT molecular complexity index is 121. The third-order valence-corrected chi connectivity index (χ3v) is 3.65. The maximum Gasteiger partial charge on any atom is -0.0241 e.